The second-order valence-corrected chi connectivity index (χ2v) is 32.6. The van der Waals surface area contributed by atoms with Crippen molar-refractivity contribution < 1.29 is 47.2 Å². The van der Waals surface area contributed by atoms with E-state index in [1.165, 1.54) is 7.11 Å². The maximum atomic E-state index is 14.8. The van der Waals surface area contributed by atoms with Gasteiger partial charge in [0.15, 0.2) is 25.6 Å². The second kappa shape index (κ2) is 23.5. The summed E-state index contributed by atoms with van der Waals surface area (Å²) in [6.07, 6.45) is -0.214. The van der Waals surface area contributed by atoms with Gasteiger partial charge in [-0.2, -0.15) is 0 Å². The van der Waals surface area contributed by atoms with Gasteiger partial charge in [-0.05, 0) is 90.8 Å². The normalized spacial score (nSPS) is 18.9. The SMILES string of the molecule is [C-]#[N+][C@@H](C1Cc2c(OC)c(C)c(OC)c(O)c2C(C(Cc2cc(O[Si](C)(C)C(C)(C)C)c(OC)c(C)c2OC)NC(=O)OCC2c3ccccc3-c3ccccc32)N1)N1CCO[C@@H](CCO[Si](C)(C(C)C)C(C)C)C1. The highest BCUT2D eigenvalue weighted by Gasteiger charge is 2.47. The van der Waals surface area contributed by atoms with Crippen molar-refractivity contribution in [3.8, 4) is 45.6 Å². The number of fused-ring (bicyclic) bond motifs is 4. The zero-order valence-electron chi connectivity index (χ0n) is 47.5. The molecule has 1 aliphatic carbocycles. The van der Waals surface area contributed by atoms with Gasteiger partial charge in [0.05, 0.1) is 53.2 Å². The van der Waals surface area contributed by atoms with Crippen LogP contribution in [0.15, 0.2) is 54.6 Å². The van der Waals surface area contributed by atoms with Crippen molar-refractivity contribution in [2.75, 3.05) is 61.3 Å². The van der Waals surface area contributed by atoms with Crippen molar-refractivity contribution in [2.24, 2.45) is 0 Å². The number of hydrogen-bond donors (Lipinski definition) is 3. The Morgan fingerprint density at radius 3 is 2.04 bits per heavy atom. The number of alkyl carbamates (subject to hydrolysis) is 1. The topological polar surface area (TPSA) is 143 Å². The molecule has 0 saturated carbocycles. The van der Waals surface area contributed by atoms with Crippen LogP contribution >= 0.6 is 0 Å². The van der Waals surface area contributed by atoms with Crippen LogP contribution in [0.3, 0.4) is 0 Å². The van der Waals surface area contributed by atoms with Crippen LogP contribution in [0, 0.1) is 20.4 Å². The fraction of sp³-hybridized carbons (Fsp3) is 0.559. The minimum Gasteiger partial charge on any atom is -0.541 e. The number of rotatable bonds is 20. The Labute approximate surface area is 449 Å². The molecule has 408 valence electrons. The van der Waals surface area contributed by atoms with Gasteiger partial charge in [-0.1, -0.05) is 97.0 Å². The molecule has 0 spiro atoms. The van der Waals surface area contributed by atoms with Gasteiger partial charge in [-0.3, -0.25) is 10.2 Å². The zero-order chi connectivity index (χ0) is 54.7. The summed E-state index contributed by atoms with van der Waals surface area (Å²) in [5, 5.41) is 19.6. The smallest absolute Gasteiger partial charge is 0.407 e. The maximum absolute atomic E-state index is 14.8. The van der Waals surface area contributed by atoms with Crippen LogP contribution in [0.5, 0.6) is 34.5 Å². The number of phenols is 1. The molecule has 3 aliphatic rings. The van der Waals surface area contributed by atoms with Gasteiger partial charge >= 0.3 is 6.09 Å². The number of carbonyl (C=O) groups is 1. The van der Waals surface area contributed by atoms with E-state index in [2.05, 4.69) is 113 Å². The first-order valence-electron chi connectivity index (χ1n) is 26.7. The first kappa shape index (κ1) is 57.4. The summed E-state index contributed by atoms with van der Waals surface area (Å²) in [7, 11) is 1.98. The van der Waals surface area contributed by atoms with Crippen molar-refractivity contribution >= 4 is 22.7 Å². The molecular formula is C59H84N4O10Si2. The van der Waals surface area contributed by atoms with Gasteiger partial charge in [-0.15, -0.1) is 0 Å². The first-order chi connectivity index (χ1) is 35.5. The molecular weight excluding hydrogens is 981 g/mol. The molecule has 2 aliphatic heterocycles. The minimum absolute atomic E-state index is 0.0787. The Bertz CT molecular complexity index is 2660. The average Bonchev–Trinajstić information content (AvgIpc) is 3.68. The molecule has 2 heterocycles. The largest absolute Gasteiger partial charge is 0.541 e. The zero-order valence-corrected chi connectivity index (χ0v) is 49.5. The Balaban J connectivity index is 1.31. The van der Waals surface area contributed by atoms with Gasteiger partial charge in [0.25, 0.3) is 14.5 Å². The van der Waals surface area contributed by atoms with Crippen LogP contribution in [0.25, 0.3) is 16.0 Å². The van der Waals surface area contributed by atoms with E-state index >= 15 is 0 Å². The van der Waals surface area contributed by atoms with Gasteiger partial charge in [0, 0.05) is 59.9 Å². The molecule has 1 amide bonds. The van der Waals surface area contributed by atoms with Crippen LogP contribution < -0.4 is 34.0 Å². The Morgan fingerprint density at radius 1 is 0.893 bits per heavy atom. The number of methoxy groups -OCH3 is 4. The molecule has 7 rings (SSSR count). The van der Waals surface area contributed by atoms with E-state index < -0.39 is 47.0 Å². The number of phenolic OH excluding ortho intramolecular Hbond substituents is 1. The Hall–Kier alpha value is -5.29. The van der Waals surface area contributed by atoms with Crippen molar-refractivity contribution in [2.45, 2.75) is 154 Å². The summed E-state index contributed by atoms with van der Waals surface area (Å²) in [5.74, 6) is 2.25. The minimum atomic E-state index is -2.42. The van der Waals surface area contributed by atoms with Crippen molar-refractivity contribution in [3.63, 3.8) is 0 Å². The van der Waals surface area contributed by atoms with Gasteiger partial charge < -0.3 is 47.7 Å². The van der Waals surface area contributed by atoms with Gasteiger partial charge in [0.1, 0.15) is 29.9 Å². The van der Waals surface area contributed by atoms with Crippen LogP contribution in [-0.2, 0) is 26.7 Å². The summed E-state index contributed by atoms with van der Waals surface area (Å²) in [5.41, 5.74) is 8.69. The molecule has 3 N–H and O–H groups in total. The molecule has 1 saturated heterocycles. The van der Waals surface area contributed by atoms with E-state index in [-0.39, 0.29) is 41.6 Å². The lowest BCUT2D eigenvalue weighted by molar-refractivity contribution is -0.0506. The number of morpholine rings is 1. The fourth-order valence-corrected chi connectivity index (χ4v) is 14.9. The van der Waals surface area contributed by atoms with E-state index in [4.69, 9.17) is 43.8 Å². The Kier molecular flexibility index (Phi) is 18.0. The second-order valence-electron chi connectivity index (χ2n) is 22.9. The quantitative estimate of drug-likeness (QED) is 0.0573. The molecule has 4 aromatic rings. The highest BCUT2D eigenvalue weighted by molar-refractivity contribution is 6.75. The predicted molar refractivity (Wildman–Crippen MR) is 301 cm³/mol. The summed E-state index contributed by atoms with van der Waals surface area (Å²) < 4.78 is 50.8. The number of nitrogens with one attached hydrogen (secondary N) is 2. The third-order valence-corrected chi connectivity index (χ3v) is 26.8. The summed E-state index contributed by atoms with van der Waals surface area (Å²) in [4.78, 5) is 21.4. The van der Waals surface area contributed by atoms with E-state index in [1.807, 2.05) is 44.2 Å². The van der Waals surface area contributed by atoms with Crippen molar-refractivity contribution in [3.05, 3.63) is 105 Å². The monoisotopic (exact) mass is 1060 g/mol. The molecule has 0 bridgehead atoms. The number of hydrogen-bond acceptors (Lipinski definition) is 12. The highest BCUT2D eigenvalue weighted by Crippen LogP contribution is 2.51. The van der Waals surface area contributed by atoms with Crippen LogP contribution in [0.4, 0.5) is 4.79 Å². The molecule has 0 aromatic heterocycles. The molecule has 0 radical (unpaired) electrons. The maximum Gasteiger partial charge on any atom is 0.407 e. The molecule has 14 nitrogen and oxygen atoms in total. The van der Waals surface area contributed by atoms with E-state index in [0.29, 0.717) is 84.4 Å². The highest BCUT2D eigenvalue weighted by atomic mass is 28.4. The lowest BCUT2D eigenvalue weighted by Crippen LogP contribution is -2.59. The van der Waals surface area contributed by atoms with Crippen LogP contribution in [0.2, 0.25) is 35.8 Å². The number of amides is 1. The average molecular weight is 1070 g/mol. The molecule has 75 heavy (non-hydrogen) atoms. The van der Waals surface area contributed by atoms with Crippen LogP contribution in [-0.4, -0.2) is 118 Å². The standard InChI is InChI=1S/C59H84N4O10Si2/c1-35(2)75(17,36(3)4)72-28-26-40-33-63(27-29-70-40)57(60-10)48-32-45-50(52(64)56(69-14)38(6)54(45)67-12)51(61-48)47(30-39-31-49(73-74(15,16)59(7,8)9)55(68-13)37(5)53(39)66-11)62-58(65)71-34-46-43-24-20-18-22-41(43)42-23-19-21-25-44(42)46/h18-25,31,35-36,40,46-48,51,57,61,64H,26-30,32-34H2,1-9,11-17H3,(H,62,65)/t40-,47?,48?,51?,57+/m0/s1. The molecule has 1 fully saturated rings. The Morgan fingerprint density at radius 2 is 1.48 bits per heavy atom. The first-order valence-corrected chi connectivity index (χ1v) is 32.2. The lowest BCUT2D eigenvalue weighted by atomic mass is 9.81. The van der Waals surface area contributed by atoms with Crippen LogP contribution in [0.1, 0.15) is 106 Å². The van der Waals surface area contributed by atoms with E-state index in [1.54, 1.807) is 21.3 Å². The molecule has 16 heteroatoms. The van der Waals surface area contributed by atoms with E-state index in [9.17, 15) is 9.90 Å². The van der Waals surface area contributed by atoms with Gasteiger partial charge in [-0.25, -0.2) is 16.3 Å². The third-order valence-electron chi connectivity index (χ3n) is 17.0. The van der Waals surface area contributed by atoms with Gasteiger partial charge in [0.2, 0.25) is 0 Å². The summed E-state index contributed by atoms with van der Waals surface area (Å²) >= 11 is 0. The molecule has 3 unspecified atom stereocenters. The fourth-order valence-electron chi connectivity index (χ4n) is 11.3. The predicted octanol–water partition coefficient (Wildman–Crippen LogP) is 11.9. The van der Waals surface area contributed by atoms with Crippen molar-refractivity contribution in [1.29, 1.82) is 0 Å². The van der Waals surface area contributed by atoms with Crippen molar-refractivity contribution in [1.82, 2.24) is 15.5 Å². The lowest BCUT2D eigenvalue weighted by Gasteiger charge is -2.42. The summed E-state index contributed by atoms with van der Waals surface area (Å²) in [6.45, 7) is 37.2. The summed E-state index contributed by atoms with van der Waals surface area (Å²) in [6, 6.07) is 16.3. The number of aromatic hydroxyl groups is 1. The number of carbonyl (C=O) groups excluding carboxylic acids is 1. The molecule has 4 aromatic carbocycles. The number of ether oxygens (including phenoxy) is 6. The molecule has 5 atom stereocenters. The van der Waals surface area contributed by atoms with E-state index in [0.717, 1.165) is 38.9 Å². The number of benzene rings is 4. The third kappa shape index (κ3) is 11.6. The number of nitrogens with zero attached hydrogens (tertiary/aromatic N) is 2.